The predicted octanol–water partition coefficient (Wildman–Crippen LogP) is 1.60. The van der Waals surface area contributed by atoms with E-state index in [1.165, 1.54) is 4.68 Å². The summed E-state index contributed by atoms with van der Waals surface area (Å²) >= 11 is 0. The summed E-state index contributed by atoms with van der Waals surface area (Å²) in [6.45, 7) is 3.74. The third kappa shape index (κ3) is 4.29. The quantitative estimate of drug-likeness (QED) is 0.475. The highest BCUT2D eigenvalue weighted by Crippen LogP contribution is 2.21. The molecule has 1 aromatic carbocycles. The van der Waals surface area contributed by atoms with Crippen molar-refractivity contribution in [2.45, 2.75) is 20.4 Å². The number of hydrogen-bond acceptors (Lipinski definition) is 5. The maximum absolute atomic E-state index is 11.9. The molecule has 0 saturated carbocycles. The molecular formula is C15H18N4O4. The molecule has 0 bridgehead atoms. The van der Waals surface area contributed by atoms with Gasteiger partial charge >= 0.3 is 5.69 Å². The highest BCUT2D eigenvalue weighted by Gasteiger charge is 2.22. The summed E-state index contributed by atoms with van der Waals surface area (Å²) < 4.78 is 6.79. The Balaban J connectivity index is 1.81. The van der Waals surface area contributed by atoms with Crippen molar-refractivity contribution in [1.29, 1.82) is 0 Å². The van der Waals surface area contributed by atoms with Crippen LogP contribution < -0.4 is 10.1 Å². The maximum Gasteiger partial charge on any atom is 0.312 e. The Labute approximate surface area is 133 Å². The highest BCUT2D eigenvalue weighted by atomic mass is 16.6. The van der Waals surface area contributed by atoms with Crippen molar-refractivity contribution in [3.63, 3.8) is 0 Å². The normalized spacial score (nSPS) is 10.3. The van der Waals surface area contributed by atoms with Gasteiger partial charge in [0, 0.05) is 0 Å². The van der Waals surface area contributed by atoms with Crippen molar-refractivity contribution in [2.75, 3.05) is 13.2 Å². The average molecular weight is 318 g/mol. The van der Waals surface area contributed by atoms with Gasteiger partial charge in [-0.2, -0.15) is 5.10 Å². The van der Waals surface area contributed by atoms with Crippen LogP contribution in [0.2, 0.25) is 0 Å². The molecule has 1 heterocycles. The fourth-order valence-electron chi connectivity index (χ4n) is 2.17. The number of nitrogens with one attached hydrogen (secondary N) is 1. The lowest BCUT2D eigenvalue weighted by atomic mass is 10.3. The Morgan fingerprint density at radius 1 is 1.35 bits per heavy atom. The van der Waals surface area contributed by atoms with Gasteiger partial charge in [0.05, 0.1) is 11.5 Å². The number of amides is 1. The van der Waals surface area contributed by atoms with Crippen molar-refractivity contribution < 1.29 is 14.5 Å². The Bertz CT molecular complexity index is 697. The molecule has 23 heavy (non-hydrogen) atoms. The largest absolute Gasteiger partial charge is 0.492 e. The number of carbonyl (C=O) groups is 1. The van der Waals surface area contributed by atoms with E-state index in [0.717, 1.165) is 5.75 Å². The second kappa shape index (κ2) is 7.39. The molecular weight excluding hydrogens is 300 g/mol. The van der Waals surface area contributed by atoms with E-state index >= 15 is 0 Å². The highest BCUT2D eigenvalue weighted by molar-refractivity contribution is 5.75. The van der Waals surface area contributed by atoms with E-state index in [9.17, 15) is 14.9 Å². The number of rotatable bonds is 7. The van der Waals surface area contributed by atoms with Crippen LogP contribution in [-0.4, -0.2) is 33.8 Å². The molecule has 122 valence electrons. The maximum atomic E-state index is 11.9. The van der Waals surface area contributed by atoms with E-state index in [1.54, 1.807) is 13.8 Å². The van der Waals surface area contributed by atoms with Crippen molar-refractivity contribution in [3.05, 3.63) is 51.8 Å². The zero-order valence-corrected chi connectivity index (χ0v) is 13.0. The lowest BCUT2D eigenvalue weighted by Crippen LogP contribution is -2.31. The Hall–Kier alpha value is -2.90. The molecule has 0 fully saturated rings. The van der Waals surface area contributed by atoms with E-state index in [4.69, 9.17) is 4.74 Å². The molecule has 1 amide bonds. The van der Waals surface area contributed by atoms with Crippen LogP contribution in [0, 0.1) is 24.0 Å². The summed E-state index contributed by atoms with van der Waals surface area (Å²) in [5.41, 5.74) is 0.612. The standard InChI is InChI=1S/C15H18N4O4/c1-11-15(19(21)22)12(2)18(17-11)10-14(20)16-8-9-23-13-6-4-3-5-7-13/h3-7H,8-10H2,1-2H3,(H,16,20). The number of aryl methyl sites for hydroxylation is 1. The summed E-state index contributed by atoms with van der Waals surface area (Å²) in [5.74, 6) is 0.457. The van der Waals surface area contributed by atoms with Gasteiger partial charge in [0.15, 0.2) is 0 Å². The van der Waals surface area contributed by atoms with E-state index in [0.29, 0.717) is 24.5 Å². The minimum Gasteiger partial charge on any atom is -0.492 e. The van der Waals surface area contributed by atoms with Gasteiger partial charge in [-0.05, 0) is 26.0 Å². The van der Waals surface area contributed by atoms with Gasteiger partial charge in [-0.1, -0.05) is 18.2 Å². The summed E-state index contributed by atoms with van der Waals surface area (Å²) in [4.78, 5) is 22.3. The zero-order valence-electron chi connectivity index (χ0n) is 13.0. The van der Waals surface area contributed by atoms with Gasteiger partial charge < -0.3 is 10.1 Å². The van der Waals surface area contributed by atoms with Crippen LogP contribution in [0.4, 0.5) is 5.69 Å². The predicted molar refractivity (Wildman–Crippen MR) is 83.3 cm³/mol. The molecule has 0 spiro atoms. The number of aromatic nitrogens is 2. The average Bonchev–Trinajstić information content (AvgIpc) is 2.79. The number of ether oxygens (including phenoxy) is 1. The molecule has 8 heteroatoms. The molecule has 2 aromatic rings. The topological polar surface area (TPSA) is 99.3 Å². The van der Waals surface area contributed by atoms with Crippen LogP contribution in [0.3, 0.4) is 0 Å². The third-order valence-corrected chi connectivity index (χ3v) is 3.26. The number of benzene rings is 1. The van der Waals surface area contributed by atoms with Crippen LogP contribution in [0.5, 0.6) is 5.75 Å². The Morgan fingerprint density at radius 3 is 2.65 bits per heavy atom. The molecule has 0 aliphatic heterocycles. The van der Waals surface area contributed by atoms with Crippen LogP contribution >= 0.6 is 0 Å². The number of carbonyl (C=O) groups excluding carboxylic acids is 1. The van der Waals surface area contributed by atoms with Crippen LogP contribution in [0.15, 0.2) is 30.3 Å². The third-order valence-electron chi connectivity index (χ3n) is 3.26. The lowest BCUT2D eigenvalue weighted by Gasteiger charge is -2.08. The first-order valence-corrected chi connectivity index (χ1v) is 7.12. The molecule has 0 radical (unpaired) electrons. The van der Waals surface area contributed by atoms with Crippen LogP contribution in [0.1, 0.15) is 11.4 Å². The van der Waals surface area contributed by atoms with E-state index < -0.39 is 4.92 Å². The molecule has 8 nitrogen and oxygen atoms in total. The minimum atomic E-state index is -0.486. The first kappa shape index (κ1) is 16.5. The van der Waals surface area contributed by atoms with Crippen molar-refractivity contribution >= 4 is 11.6 Å². The SMILES string of the molecule is Cc1nn(CC(=O)NCCOc2ccccc2)c(C)c1[N+](=O)[O-]. The molecule has 0 unspecified atom stereocenters. The van der Waals surface area contributed by atoms with Crippen LogP contribution in [0.25, 0.3) is 0 Å². The van der Waals surface area contributed by atoms with Crippen LogP contribution in [-0.2, 0) is 11.3 Å². The number of para-hydroxylation sites is 1. The monoisotopic (exact) mass is 318 g/mol. The fourth-order valence-corrected chi connectivity index (χ4v) is 2.17. The van der Waals surface area contributed by atoms with Gasteiger partial charge in [0.1, 0.15) is 30.3 Å². The van der Waals surface area contributed by atoms with Gasteiger partial charge in [0.2, 0.25) is 5.91 Å². The Kier molecular flexibility index (Phi) is 5.29. The Morgan fingerprint density at radius 2 is 2.04 bits per heavy atom. The summed E-state index contributed by atoms with van der Waals surface area (Å²) in [6, 6.07) is 9.28. The van der Waals surface area contributed by atoms with Gasteiger partial charge in [0.25, 0.3) is 0 Å². The summed E-state index contributed by atoms with van der Waals surface area (Å²) in [7, 11) is 0. The first-order chi connectivity index (χ1) is 11.0. The zero-order chi connectivity index (χ0) is 16.8. The lowest BCUT2D eigenvalue weighted by molar-refractivity contribution is -0.386. The molecule has 0 atom stereocenters. The van der Waals surface area contributed by atoms with Gasteiger partial charge in [-0.3, -0.25) is 19.6 Å². The molecule has 2 rings (SSSR count). The number of nitro groups is 1. The van der Waals surface area contributed by atoms with Crippen molar-refractivity contribution in [1.82, 2.24) is 15.1 Å². The second-order valence-corrected chi connectivity index (χ2v) is 4.95. The smallest absolute Gasteiger partial charge is 0.312 e. The summed E-state index contributed by atoms with van der Waals surface area (Å²) in [6.07, 6.45) is 0. The van der Waals surface area contributed by atoms with Crippen molar-refractivity contribution in [3.8, 4) is 5.75 Å². The van der Waals surface area contributed by atoms with Crippen molar-refractivity contribution in [2.24, 2.45) is 0 Å². The summed E-state index contributed by atoms with van der Waals surface area (Å²) in [5, 5.41) is 17.6. The minimum absolute atomic E-state index is 0.0507. The molecule has 1 N–H and O–H groups in total. The van der Waals surface area contributed by atoms with E-state index in [1.807, 2.05) is 30.3 Å². The van der Waals surface area contributed by atoms with Gasteiger partial charge in [-0.15, -0.1) is 0 Å². The molecule has 0 aliphatic rings. The van der Waals surface area contributed by atoms with E-state index in [-0.39, 0.29) is 18.1 Å². The van der Waals surface area contributed by atoms with E-state index in [2.05, 4.69) is 10.4 Å². The van der Waals surface area contributed by atoms with Gasteiger partial charge in [-0.25, -0.2) is 0 Å². The molecule has 0 saturated heterocycles. The second-order valence-electron chi connectivity index (χ2n) is 4.95. The molecule has 1 aromatic heterocycles. The first-order valence-electron chi connectivity index (χ1n) is 7.12. The fraction of sp³-hybridized carbons (Fsp3) is 0.333. The number of hydrogen-bond donors (Lipinski definition) is 1. The number of nitrogens with zero attached hydrogens (tertiary/aromatic N) is 3. The molecule has 0 aliphatic carbocycles.